The summed E-state index contributed by atoms with van der Waals surface area (Å²) in [5.41, 5.74) is 0.377. The highest BCUT2D eigenvalue weighted by Gasteiger charge is 2.81. The summed E-state index contributed by atoms with van der Waals surface area (Å²) in [5.74, 6) is 0.607. The normalized spacial score (nSPS) is 58.6. The molecule has 4 aliphatic carbocycles. The minimum atomic E-state index is -1.27. The van der Waals surface area contributed by atoms with E-state index in [0.29, 0.717) is 24.4 Å². The van der Waals surface area contributed by atoms with Crippen molar-refractivity contribution in [2.45, 2.75) is 136 Å². The number of hydrogen-bond donors (Lipinski definition) is 4. The van der Waals surface area contributed by atoms with Crippen LogP contribution in [-0.4, -0.2) is 82.3 Å². The summed E-state index contributed by atoms with van der Waals surface area (Å²) in [6, 6.07) is 0. The molecule has 43 heavy (non-hydrogen) atoms. The van der Waals surface area contributed by atoms with Crippen molar-refractivity contribution in [1.29, 1.82) is 0 Å². The lowest BCUT2D eigenvalue weighted by molar-refractivity contribution is -0.340. The summed E-state index contributed by atoms with van der Waals surface area (Å²) in [6.07, 6.45) is 4.75. The van der Waals surface area contributed by atoms with Gasteiger partial charge in [0.25, 0.3) is 0 Å². The van der Waals surface area contributed by atoms with E-state index in [0.717, 1.165) is 51.6 Å². The quantitative estimate of drug-likeness (QED) is 0.280. The van der Waals surface area contributed by atoms with E-state index in [4.69, 9.17) is 18.9 Å². The number of fused-ring (bicyclic) bond motifs is 4. The standard InChI is InChI=1S/C35H56O8/c1-19(2)14-20-15-41-35-17-34(18-42-35)21(28(35)33(20,7)39)8-9-24-31(5)12-11-25(30(3,4)23(31)10-13-32(24,34)6)43-29-27(38)26(37)22(36)16-40-29/h14,20-29,36-39H,8-13,15-18H2,1-7H3. The van der Waals surface area contributed by atoms with Crippen molar-refractivity contribution >= 4 is 0 Å². The average Bonchev–Trinajstić information content (AvgIpc) is 3.45. The molecular weight excluding hydrogens is 548 g/mol. The van der Waals surface area contributed by atoms with Crippen LogP contribution in [0.2, 0.25) is 0 Å². The van der Waals surface area contributed by atoms with Crippen LogP contribution in [0.1, 0.15) is 93.4 Å². The van der Waals surface area contributed by atoms with Gasteiger partial charge < -0.3 is 39.4 Å². The molecule has 244 valence electrons. The van der Waals surface area contributed by atoms with Gasteiger partial charge in [-0.05, 0) is 93.3 Å². The molecule has 0 aromatic heterocycles. The van der Waals surface area contributed by atoms with Gasteiger partial charge in [-0.15, -0.1) is 0 Å². The maximum Gasteiger partial charge on any atom is 0.186 e. The summed E-state index contributed by atoms with van der Waals surface area (Å²) in [4.78, 5) is 0. The first-order valence-corrected chi connectivity index (χ1v) is 17.0. The lowest BCUT2D eigenvalue weighted by atomic mass is 9.35. The van der Waals surface area contributed by atoms with Crippen molar-refractivity contribution in [2.24, 2.45) is 51.2 Å². The van der Waals surface area contributed by atoms with Crippen LogP contribution in [0.25, 0.3) is 0 Å². The molecule has 3 heterocycles. The molecule has 7 rings (SSSR count). The van der Waals surface area contributed by atoms with Crippen LogP contribution in [0.5, 0.6) is 0 Å². The van der Waals surface area contributed by atoms with Crippen molar-refractivity contribution in [3.05, 3.63) is 11.6 Å². The number of aliphatic hydroxyl groups excluding tert-OH is 3. The van der Waals surface area contributed by atoms with Crippen molar-refractivity contribution in [3.8, 4) is 0 Å². The van der Waals surface area contributed by atoms with E-state index >= 15 is 0 Å². The highest BCUT2D eigenvalue weighted by atomic mass is 16.7. The second-order valence-corrected chi connectivity index (χ2v) is 17.3. The van der Waals surface area contributed by atoms with Crippen LogP contribution >= 0.6 is 0 Å². The monoisotopic (exact) mass is 604 g/mol. The third-order valence-electron chi connectivity index (χ3n) is 14.8. The summed E-state index contributed by atoms with van der Waals surface area (Å²) < 4.78 is 25.6. The van der Waals surface area contributed by atoms with Crippen LogP contribution in [0.15, 0.2) is 11.6 Å². The fourth-order valence-corrected chi connectivity index (χ4v) is 12.8. The maximum absolute atomic E-state index is 12.2. The van der Waals surface area contributed by atoms with Gasteiger partial charge in [0.15, 0.2) is 12.1 Å². The SMILES string of the molecule is CC(C)=CC1COC23CC4(CO2)C(CCC2C5(C)CCC(OC6OCC(O)C(O)C6O)C(C)(C)C5CCC24C)C3C1(C)O. The van der Waals surface area contributed by atoms with Gasteiger partial charge in [0.1, 0.15) is 18.3 Å². The average molecular weight is 605 g/mol. The Labute approximate surface area is 257 Å². The molecule has 2 spiro atoms. The van der Waals surface area contributed by atoms with Gasteiger partial charge in [0.2, 0.25) is 0 Å². The van der Waals surface area contributed by atoms with Crippen molar-refractivity contribution < 1.29 is 39.4 Å². The number of aliphatic hydroxyl groups is 4. The zero-order chi connectivity index (χ0) is 31.0. The molecule has 3 aliphatic heterocycles. The molecule has 0 amide bonds. The third-order valence-corrected chi connectivity index (χ3v) is 14.8. The molecule has 3 saturated heterocycles. The first kappa shape index (κ1) is 31.0. The first-order valence-electron chi connectivity index (χ1n) is 17.0. The first-order chi connectivity index (χ1) is 20.0. The van der Waals surface area contributed by atoms with E-state index in [1.54, 1.807) is 0 Å². The molecule has 7 aliphatic rings. The van der Waals surface area contributed by atoms with Crippen molar-refractivity contribution in [1.82, 2.24) is 0 Å². The minimum absolute atomic E-state index is 0.00701. The van der Waals surface area contributed by atoms with Crippen LogP contribution in [0, 0.1) is 51.2 Å². The third kappa shape index (κ3) is 3.96. The highest BCUT2D eigenvalue weighted by molar-refractivity contribution is 5.27. The van der Waals surface area contributed by atoms with Gasteiger partial charge in [-0.3, -0.25) is 0 Å². The Kier molecular flexibility index (Phi) is 7.02. The van der Waals surface area contributed by atoms with E-state index in [9.17, 15) is 20.4 Å². The summed E-state index contributed by atoms with van der Waals surface area (Å²) in [6.45, 7) is 17.2. The zero-order valence-electron chi connectivity index (χ0n) is 27.3. The Hall–Kier alpha value is -0.580. The Morgan fingerprint density at radius 3 is 2.33 bits per heavy atom. The molecule has 4 saturated carbocycles. The Bertz CT molecular complexity index is 1150. The number of rotatable bonds is 3. The summed E-state index contributed by atoms with van der Waals surface area (Å²) >= 11 is 0. The van der Waals surface area contributed by atoms with E-state index < -0.39 is 36.0 Å². The molecule has 4 N–H and O–H groups in total. The molecule has 15 unspecified atom stereocenters. The summed E-state index contributed by atoms with van der Waals surface area (Å²) in [5, 5.41) is 43.0. The largest absolute Gasteiger partial charge is 0.389 e. The lowest BCUT2D eigenvalue weighted by Gasteiger charge is -2.70. The van der Waals surface area contributed by atoms with Crippen molar-refractivity contribution in [3.63, 3.8) is 0 Å². The molecule has 7 fully saturated rings. The number of ether oxygens (including phenoxy) is 4. The highest BCUT2D eigenvalue weighted by Crippen LogP contribution is 2.80. The van der Waals surface area contributed by atoms with E-state index in [-0.39, 0.29) is 46.2 Å². The number of allylic oxidation sites excluding steroid dienone is 1. The molecule has 0 radical (unpaired) electrons. The second-order valence-electron chi connectivity index (χ2n) is 17.3. The predicted molar refractivity (Wildman–Crippen MR) is 160 cm³/mol. The van der Waals surface area contributed by atoms with E-state index in [1.165, 1.54) is 5.57 Å². The van der Waals surface area contributed by atoms with Gasteiger partial charge >= 0.3 is 0 Å². The van der Waals surface area contributed by atoms with Crippen molar-refractivity contribution in [2.75, 3.05) is 19.8 Å². The molecule has 0 aromatic rings. The van der Waals surface area contributed by atoms with Crippen LogP contribution in [-0.2, 0) is 18.9 Å². The lowest BCUT2D eigenvalue weighted by Crippen LogP contribution is -2.68. The topological polar surface area (TPSA) is 118 Å². The maximum atomic E-state index is 12.2. The fraction of sp³-hybridized carbons (Fsp3) is 0.943. The van der Waals surface area contributed by atoms with E-state index in [2.05, 4.69) is 47.6 Å². The Balaban J connectivity index is 1.17. The molecule has 2 bridgehead atoms. The van der Waals surface area contributed by atoms with Crippen LogP contribution < -0.4 is 0 Å². The molecule has 8 nitrogen and oxygen atoms in total. The molecule has 15 atom stereocenters. The Morgan fingerprint density at radius 2 is 1.60 bits per heavy atom. The van der Waals surface area contributed by atoms with Gasteiger partial charge in [-0.1, -0.05) is 39.3 Å². The zero-order valence-corrected chi connectivity index (χ0v) is 27.3. The van der Waals surface area contributed by atoms with Gasteiger partial charge in [0.05, 0.1) is 31.5 Å². The van der Waals surface area contributed by atoms with Crippen LogP contribution in [0.4, 0.5) is 0 Å². The van der Waals surface area contributed by atoms with Gasteiger partial charge in [0, 0.05) is 23.7 Å². The fourth-order valence-electron chi connectivity index (χ4n) is 12.8. The number of hydrogen-bond acceptors (Lipinski definition) is 8. The van der Waals surface area contributed by atoms with Gasteiger partial charge in [-0.25, -0.2) is 0 Å². The second kappa shape index (κ2) is 9.72. The van der Waals surface area contributed by atoms with E-state index in [1.807, 2.05) is 6.92 Å². The molecule has 8 heteroatoms. The smallest absolute Gasteiger partial charge is 0.186 e. The van der Waals surface area contributed by atoms with Crippen LogP contribution in [0.3, 0.4) is 0 Å². The molecular formula is C35H56O8. The van der Waals surface area contributed by atoms with Gasteiger partial charge in [-0.2, -0.15) is 0 Å². The predicted octanol–water partition coefficient (Wildman–Crippen LogP) is 4.18. The molecule has 0 aromatic carbocycles. The Morgan fingerprint density at radius 1 is 0.860 bits per heavy atom. The minimum Gasteiger partial charge on any atom is -0.389 e. The summed E-state index contributed by atoms with van der Waals surface area (Å²) in [7, 11) is 0.